The van der Waals surface area contributed by atoms with Gasteiger partial charge >= 0.3 is 6.09 Å². The van der Waals surface area contributed by atoms with Crippen molar-refractivity contribution in [1.29, 1.82) is 0 Å². The molecule has 6 aliphatic rings. The SMILES string of the molecule is COc1ccc(C2=CN3C(=O)c4cc(OC)c(OCCCCCOc5cc6c(cc5OC)C(=O)N5CC7(CC7)C[C@H]5[C@H](O)N6C(=O)OCc5ccc(CC(=O)[C@H](C)NC(=O)[C@@H](CC(=O)CNC(=O)CCC(=O)CCC(=O)N6Cc7ccccc7/C(N)=C(/N(C)N)c7ccccc76)C(C)C)cc5)cc4CC[C@@H]3C2)cc1. The number of rotatable bonds is 31. The number of hydrogen-bond acceptors (Lipinski definition) is 19. The van der Waals surface area contributed by atoms with E-state index in [9.17, 15) is 48.3 Å². The summed E-state index contributed by atoms with van der Waals surface area (Å²) in [6, 6.07) is 34.6. The number of aryl methyl sites for hydroxylation is 1. The molecule has 1 aliphatic carbocycles. The molecule has 7 N–H and O–H groups in total. The normalized spacial score (nSPS) is 18.5. The van der Waals surface area contributed by atoms with Crippen LogP contribution in [0.3, 0.4) is 0 Å². The number of aliphatic hydroxyl groups is 1. The third kappa shape index (κ3) is 17.6. The molecule has 109 heavy (non-hydrogen) atoms. The first-order valence-corrected chi connectivity index (χ1v) is 37.4. The first-order chi connectivity index (χ1) is 52.4. The first kappa shape index (κ1) is 77.6. The molecule has 25 heteroatoms. The van der Waals surface area contributed by atoms with Gasteiger partial charge in [-0.05, 0) is 146 Å². The molecule has 0 unspecified atom stereocenters. The molecule has 6 aromatic rings. The Kier molecular flexibility index (Phi) is 24.2. The van der Waals surface area contributed by atoms with Gasteiger partial charge in [-0.2, -0.15) is 0 Å². The number of anilines is 2. The van der Waals surface area contributed by atoms with E-state index in [2.05, 4.69) is 10.6 Å². The van der Waals surface area contributed by atoms with Crippen LogP contribution in [0.15, 0.2) is 128 Å². The molecule has 0 radical (unpaired) electrons. The fourth-order valence-corrected chi connectivity index (χ4v) is 15.3. The fourth-order valence-electron chi connectivity index (χ4n) is 15.3. The van der Waals surface area contributed by atoms with Crippen LogP contribution in [0.4, 0.5) is 16.2 Å². The van der Waals surface area contributed by atoms with Gasteiger partial charge in [0, 0.05) is 93.0 Å². The summed E-state index contributed by atoms with van der Waals surface area (Å²) in [5, 5.41) is 19.0. The van der Waals surface area contributed by atoms with Crippen LogP contribution >= 0.6 is 0 Å². The quantitative estimate of drug-likeness (QED) is 0.0153. The Balaban J connectivity index is 0.591. The van der Waals surface area contributed by atoms with E-state index in [0.29, 0.717) is 96.1 Å². The number of ether oxygens (including phenoxy) is 6. The summed E-state index contributed by atoms with van der Waals surface area (Å²) in [5.74, 6) is 4.70. The molecule has 1 saturated carbocycles. The van der Waals surface area contributed by atoms with E-state index < -0.39 is 47.9 Å². The lowest BCUT2D eigenvalue weighted by molar-refractivity contribution is -0.133. The van der Waals surface area contributed by atoms with Gasteiger partial charge < -0.3 is 69.6 Å². The van der Waals surface area contributed by atoms with E-state index in [1.54, 1.807) is 106 Å². The molecule has 1 spiro atoms. The number of unbranched alkanes of at least 4 members (excludes halogenated alkanes) is 2. The molecular weight excluding hydrogens is 1390 g/mol. The topological polar surface area (TPSA) is 322 Å². The second-order valence-electron chi connectivity index (χ2n) is 29.6. The van der Waals surface area contributed by atoms with Crippen molar-refractivity contribution in [2.24, 2.45) is 28.8 Å². The number of nitrogens with zero attached hydrogens (tertiary/aromatic N) is 5. The fraction of sp³-hybridized carbons (Fsp3) is 0.417. The number of nitrogens with one attached hydrogen (secondary N) is 2. The van der Waals surface area contributed by atoms with Gasteiger partial charge in [-0.1, -0.05) is 92.7 Å². The summed E-state index contributed by atoms with van der Waals surface area (Å²) in [6.07, 6.45) is 5.29. The van der Waals surface area contributed by atoms with Gasteiger partial charge in [-0.3, -0.25) is 38.4 Å². The molecule has 5 atom stereocenters. The van der Waals surface area contributed by atoms with Gasteiger partial charge in [0.05, 0.1) is 88.0 Å². The van der Waals surface area contributed by atoms with Crippen LogP contribution < -0.4 is 55.7 Å². The minimum absolute atomic E-state index is 0.0362. The Morgan fingerprint density at radius 2 is 1.36 bits per heavy atom. The summed E-state index contributed by atoms with van der Waals surface area (Å²) in [7, 11) is 6.34. The number of methoxy groups -OCH3 is 3. The number of para-hydroxylation sites is 1. The highest BCUT2D eigenvalue weighted by Gasteiger charge is 2.58. The Bertz CT molecular complexity index is 4530. The van der Waals surface area contributed by atoms with Crippen molar-refractivity contribution in [1.82, 2.24) is 25.4 Å². The Hall–Kier alpha value is -11.1. The minimum atomic E-state index is -1.46. The number of amides is 6. The number of fused-ring (bicyclic) bond motifs is 6. The maximum atomic E-state index is 14.5. The van der Waals surface area contributed by atoms with Crippen LogP contribution in [0.25, 0.3) is 17.0 Å². The molecule has 2 fully saturated rings. The van der Waals surface area contributed by atoms with E-state index in [1.165, 1.54) is 12.1 Å². The predicted molar refractivity (Wildman–Crippen MR) is 409 cm³/mol. The van der Waals surface area contributed by atoms with Crippen molar-refractivity contribution >= 4 is 81.3 Å². The largest absolute Gasteiger partial charge is 0.497 e. The zero-order valence-electron chi connectivity index (χ0n) is 62.9. The van der Waals surface area contributed by atoms with E-state index in [1.807, 2.05) is 77.8 Å². The molecule has 5 aliphatic heterocycles. The van der Waals surface area contributed by atoms with Gasteiger partial charge in [0.2, 0.25) is 17.7 Å². The number of hydrazine groups is 1. The monoisotopic (exact) mass is 1490 g/mol. The molecule has 0 aromatic heterocycles. The third-order valence-electron chi connectivity index (χ3n) is 21.8. The average Bonchev–Trinajstić information content (AvgIpc) is 1.57. The highest BCUT2D eigenvalue weighted by atomic mass is 16.6. The van der Waals surface area contributed by atoms with Crippen molar-refractivity contribution in [2.45, 2.75) is 155 Å². The molecule has 12 rings (SSSR count). The molecule has 25 nitrogen and oxygen atoms in total. The van der Waals surface area contributed by atoms with Gasteiger partial charge in [0.1, 0.15) is 18.1 Å². The van der Waals surface area contributed by atoms with Crippen LogP contribution in [-0.4, -0.2) is 152 Å². The van der Waals surface area contributed by atoms with E-state index in [4.69, 9.17) is 40.0 Å². The lowest BCUT2D eigenvalue weighted by Gasteiger charge is -2.32. The maximum absolute atomic E-state index is 14.5. The molecule has 6 aromatic carbocycles. The highest BCUT2D eigenvalue weighted by Crippen LogP contribution is 2.57. The van der Waals surface area contributed by atoms with Gasteiger partial charge in [-0.25, -0.2) is 15.5 Å². The second-order valence-corrected chi connectivity index (χ2v) is 29.6. The predicted octanol–water partition coefficient (Wildman–Crippen LogP) is 10.2. The van der Waals surface area contributed by atoms with Gasteiger partial charge in [0.15, 0.2) is 40.8 Å². The number of carbonyl (C=O) groups excluding carboxylic acids is 9. The molecule has 6 amide bonds. The standard InChI is InChI=1S/C84H97N9O16/c1-50(2)64(40-60(95)45-87-75(97)31-27-59(94)28-32-76(98)91-46-56-15-9-10-16-62(56)77(85)78(89(4)86)63-17-11-12-18-67(63)91)79(99)88-51(3)70(96)37-52-19-21-53(22-20-52)48-109-83(103)93-68-43-74(72(106-7)42-66(68)81(101)92-49-84(33-34-84)44-69(92)82(93)102)108-36-14-8-13-35-107-73-39-55-23-26-58-38-57(54-24-29-61(104-5)30-25-54)47-90(58)80(100)65(55)41-71(73)105-6/h9-12,15-22,24-25,29-30,39,41-43,47,50-51,58,64,69,82,102H,8,13-14,23,26-28,31-38,40,44-46,48-49,85-86H2,1-7H3,(H,87,97)(H,88,99)/b78-77-/t51-,58+,64-,69-,82-/m0/s1. The van der Waals surface area contributed by atoms with Crippen LogP contribution in [0.1, 0.15) is 164 Å². The summed E-state index contributed by atoms with van der Waals surface area (Å²) in [6.45, 7) is 5.78. The summed E-state index contributed by atoms with van der Waals surface area (Å²) >= 11 is 0. The number of hydrogen-bond donors (Lipinski definition) is 5. The van der Waals surface area contributed by atoms with Crippen molar-refractivity contribution in [3.63, 3.8) is 0 Å². The number of nitrogens with two attached hydrogens (primary N) is 2. The van der Waals surface area contributed by atoms with Crippen molar-refractivity contribution < 1.29 is 76.7 Å². The lowest BCUT2D eigenvalue weighted by atomic mass is 9.89. The van der Waals surface area contributed by atoms with E-state index >= 15 is 0 Å². The maximum Gasteiger partial charge on any atom is 0.416 e. The van der Waals surface area contributed by atoms with Crippen molar-refractivity contribution in [3.05, 3.63) is 178 Å². The third-order valence-corrected chi connectivity index (χ3v) is 21.8. The van der Waals surface area contributed by atoms with Crippen LogP contribution in [0.2, 0.25) is 0 Å². The zero-order chi connectivity index (χ0) is 77.4. The summed E-state index contributed by atoms with van der Waals surface area (Å²) < 4.78 is 35.4. The smallest absolute Gasteiger partial charge is 0.416 e. The van der Waals surface area contributed by atoms with Gasteiger partial charge in [-0.15, -0.1) is 0 Å². The van der Waals surface area contributed by atoms with Crippen LogP contribution in [-0.2, 0) is 59.5 Å². The van der Waals surface area contributed by atoms with Crippen LogP contribution in [0, 0.1) is 17.3 Å². The number of Topliss-reactive ketones (excluding diaryl/α,β-unsaturated/α-hetero) is 3. The Morgan fingerprint density at radius 1 is 0.697 bits per heavy atom. The highest BCUT2D eigenvalue weighted by molar-refractivity contribution is 6.07. The second kappa shape index (κ2) is 34.0. The van der Waals surface area contributed by atoms with Crippen molar-refractivity contribution in [3.8, 4) is 28.7 Å². The molecule has 1 saturated heterocycles. The Labute approximate surface area is 634 Å². The average molecular weight is 1490 g/mol. The minimum Gasteiger partial charge on any atom is -0.497 e. The van der Waals surface area contributed by atoms with Gasteiger partial charge in [0.25, 0.3) is 11.8 Å². The Morgan fingerprint density at radius 3 is 2.04 bits per heavy atom. The van der Waals surface area contributed by atoms with Crippen molar-refractivity contribution in [2.75, 3.05) is 64.5 Å². The first-order valence-electron chi connectivity index (χ1n) is 37.4. The number of benzene rings is 6. The molecule has 0 bridgehead atoms. The van der Waals surface area contributed by atoms with E-state index in [0.717, 1.165) is 64.2 Å². The molecule has 574 valence electrons. The number of carbonyl (C=O) groups is 9. The molecule has 5 heterocycles. The lowest BCUT2D eigenvalue weighted by Crippen LogP contribution is -2.50. The number of aliphatic hydroxyl groups excluding tert-OH is 1. The summed E-state index contributed by atoms with van der Waals surface area (Å²) in [4.78, 5) is 130. The zero-order valence-corrected chi connectivity index (χ0v) is 62.9. The summed E-state index contributed by atoms with van der Waals surface area (Å²) in [5.41, 5.74) is 15.4. The number of ketones is 3. The van der Waals surface area contributed by atoms with E-state index in [-0.39, 0.29) is 134 Å². The van der Waals surface area contributed by atoms with Crippen LogP contribution in [0.5, 0.6) is 28.7 Å². The molecular formula is C84H97N9O16.